The fraction of sp³-hybridized carbons (Fsp3) is 1.00. The van der Waals surface area contributed by atoms with Gasteiger partial charge < -0.3 is 4.48 Å². The molecule has 0 saturated carbocycles. The second-order valence-electron chi connectivity index (χ2n) is 12.7. The molecule has 0 amide bonds. The van der Waals surface area contributed by atoms with E-state index in [0.29, 0.717) is 0 Å². The molecule has 0 aliphatic heterocycles. The summed E-state index contributed by atoms with van der Waals surface area (Å²) in [5.41, 5.74) is 0. The van der Waals surface area contributed by atoms with E-state index in [1.54, 1.807) is 0 Å². The smallest absolute Gasteiger partial charge is 0.0782 e. The molecule has 0 aliphatic rings. The van der Waals surface area contributed by atoms with Crippen LogP contribution in [0, 0.1) is 5.92 Å². The average molecular weight is 495 g/mol. The van der Waals surface area contributed by atoms with E-state index in [1.165, 1.54) is 185 Å². The Morgan fingerprint density at radius 1 is 0.371 bits per heavy atom. The third kappa shape index (κ3) is 26.8. The number of hydrogen-bond acceptors (Lipinski definition) is 0. The van der Waals surface area contributed by atoms with E-state index in [4.69, 9.17) is 0 Å². The predicted molar refractivity (Wildman–Crippen MR) is 162 cm³/mol. The summed E-state index contributed by atoms with van der Waals surface area (Å²) in [5.74, 6) is 1.00. The number of nitrogens with zero attached hydrogens (tertiary/aromatic N) is 1. The Kier molecular flexibility index (Phi) is 27.0. The first kappa shape index (κ1) is 35.0. The lowest BCUT2D eigenvalue weighted by Gasteiger charge is -2.30. The van der Waals surface area contributed by atoms with Gasteiger partial charge in [0.15, 0.2) is 0 Å². The molecule has 0 spiro atoms. The van der Waals surface area contributed by atoms with Gasteiger partial charge in [-0.05, 0) is 31.6 Å². The molecule has 0 aromatic rings. The van der Waals surface area contributed by atoms with Gasteiger partial charge in [-0.2, -0.15) is 0 Å². The molecule has 35 heavy (non-hydrogen) atoms. The van der Waals surface area contributed by atoms with Crippen molar-refractivity contribution < 1.29 is 4.48 Å². The van der Waals surface area contributed by atoms with Crippen LogP contribution < -0.4 is 0 Å². The maximum absolute atomic E-state index is 2.47. The quantitative estimate of drug-likeness (QED) is 0.0716. The van der Waals surface area contributed by atoms with E-state index < -0.39 is 0 Å². The summed E-state index contributed by atoms with van der Waals surface area (Å²) in [6, 6.07) is 0. The van der Waals surface area contributed by atoms with Crippen LogP contribution in [0.2, 0.25) is 0 Å². The molecule has 212 valence electrons. The van der Waals surface area contributed by atoms with Gasteiger partial charge in [0.2, 0.25) is 0 Å². The highest BCUT2D eigenvalue weighted by atomic mass is 15.3. The van der Waals surface area contributed by atoms with Crippen molar-refractivity contribution in [3.63, 3.8) is 0 Å². The van der Waals surface area contributed by atoms with Gasteiger partial charge in [0, 0.05) is 0 Å². The summed E-state index contributed by atoms with van der Waals surface area (Å²) >= 11 is 0. The first-order chi connectivity index (χ1) is 17.1. The zero-order valence-corrected chi connectivity index (χ0v) is 25.8. The van der Waals surface area contributed by atoms with Crippen molar-refractivity contribution in [2.24, 2.45) is 5.92 Å². The summed E-state index contributed by atoms with van der Waals surface area (Å²) in [4.78, 5) is 0. The Balaban J connectivity index is 3.46. The van der Waals surface area contributed by atoms with Crippen molar-refractivity contribution in [1.82, 2.24) is 0 Å². The molecule has 0 rings (SSSR count). The number of unbranched alkanes of at least 4 members (excludes halogenated alkanes) is 20. The Bertz CT molecular complexity index is 388. The first-order valence-corrected chi connectivity index (χ1v) is 16.9. The molecular weight excluding hydrogens is 422 g/mol. The Morgan fingerprint density at radius 2 is 0.657 bits per heavy atom. The zero-order chi connectivity index (χ0) is 25.9. The lowest BCUT2D eigenvalue weighted by atomic mass is 9.92. The van der Waals surface area contributed by atoms with Gasteiger partial charge in [0.25, 0.3) is 0 Å². The molecule has 1 unspecified atom stereocenters. The van der Waals surface area contributed by atoms with Crippen LogP contribution in [0.3, 0.4) is 0 Å². The van der Waals surface area contributed by atoms with Crippen molar-refractivity contribution in [3.8, 4) is 0 Å². The van der Waals surface area contributed by atoms with Crippen LogP contribution in [0.15, 0.2) is 0 Å². The minimum Gasteiger partial charge on any atom is -0.328 e. The van der Waals surface area contributed by atoms with Crippen LogP contribution in [-0.4, -0.2) is 31.7 Å². The minimum atomic E-state index is 1.00. The summed E-state index contributed by atoms with van der Waals surface area (Å²) in [6.07, 6.45) is 37.9. The standard InChI is InChI=1S/C34H72N/c1-6-9-11-13-14-15-16-17-18-19-20-21-24-28-32-35(4,5)33-29-25-23-27-31-34(8-3)30-26-22-12-10-7-2/h34H,6-33H2,1-5H3/q+1. The lowest BCUT2D eigenvalue weighted by Crippen LogP contribution is -2.41. The van der Waals surface area contributed by atoms with E-state index in [9.17, 15) is 0 Å². The van der Waals surface area contributed by atoms with Crippen LogP contribution in [0.5, 0.6) is 0 Å². The largest absolute Gasteiger partial charge is 0.328 e. The lowest BCUT2D eigenvalue weighted by molar-refractivity contribution is -0.890. The SMILES string of the molecule is CCCCCCCCCCCCCCCC[N+](C)(C)CCCCCCC(CC)CCCCCCC. The number of quaternary nitrogens is 1. The highest BCUT2D eigenvalue weighted by molar-refractivity contribution is 4.59. The second kappa shape index (κ2) is 27.0. The summed E-state index contributed by atoms with van der Waals surface area (Å²) < 4.78 is 1.24. The molecule has 0 saturated heterocycles. The van der Waals surface area contributed by atoms with Gasteiger partial charge in [-0.25, -0.2) is 0 Å². The maximum atomic E-state index is 2.47. The molecule has 0 fully saturated rings. The van der Waals surface area contributed by atoms with E-state index in [0.717, 1.165) is 5.92 Å². The van der Waals surface area contributed by atoms with Crippen molar-refractivity contribution in [2.75, 3.05) is 27.2 Å². The fourth-order valence-corrected chi connectivity index (χ4v) is 5.76. The predicted octanol–water partition coefficient (Wildman–Crippen LogP) is 11.9. The van der Waals surface area contributed by atoms with Gasteiger partial charge in [0.1, 0.15) is 0 Å². The third-order valence-electron chi connectivity index (χ3n) is 8.54. The Hall–Kier alpha value is -0.0400. The zero-order valence-electron chi connectivity index (χ0n) is 25.8. The monoisotopic (exact) mass is 495 g/mol. The fourth-order valence-electron chi connectivity index (χ4n) is 5.76. The van der Waals surface area contributed by atoms with Crippen LogP contribution in [0.25, 0.3) is 0 Å². The Labute approximate surface area is 225 Å². The van der Waals surface area contributed by atoms with Crippen molar-refractivity contribution in [1.29, 1.82) is 0 Å². The highest BCUT2D eigenvalue weighted by Crippen LogP contribution is 2.21. The normalized spacial score (nSPS) is 12.9. The molecule has 0 radical (unpaired) electrons. The maximum Gasteiger partial charge on any atom is 0.0782 e. The number of rotatable bonds is 29. The summed E-state index contributed by atoms with van der Waals surface area (Å²) in [5, 5.41) is 0. The van der Waals surface area contributed by atoms with Gasteiger partial charge in [-0.15, -0.1) is 0 Å². The molecule has 0 heterocycles. The molecule has 1 atom stereocenters. The van der Waals surface area contributed by atoms with Crippen LogP contribution in [-0.2, 0) is 0 Å². The Morgan fingerprint density at radius 3 is 0.971 bits per heavy atom. The molecule has 0 aromatic heterocycles. The van der Waals surface area contributed by atoms with Gasteiger partial charge >= 0.3 is 0 Å². The van der Waals surface area contributed by atoms with Crippen molar-refractivity contribution in [3.05, 3.63) is 0 Å². The molecule has 0 aliphatic carbocycles. The van der Waals surface area contributed by atoms with Crippen LogP contribution >= 0.6 is 0 Å². The van der Waals surface area contributed by atoms with E-state index in [2.05, 4.69) is 34.9 Å². The average Bonchev–Trinajstić information content (AvgIpc) is 2.84. The first-order valence-electron chi connectivity index (χ1n) is 16.9. The third-order valence-corrected chi connectivity index (χ3v) is 8.54. The van der Waals surface area contributed by atoms with Gasteiger partial charge in [-0.1, -0.05) is 162 Å². The molecule has 1 heteroatoms. The summed E-state index contributed by atoms with van der Waals surface area (Å²) in [7, 11) is 4.93. The molecule has 0 bridgehead atoms. The molecular formula is C34H72N+. The molecule has 0 N–H and O–H groups in total. The van der Waals surface area contributed by atoms with E-state index >= 15 is 0 Å². The summed E-state index contributed by atoms with van der Waals surface area (Å²) in [6.45, 7) is 9.80. The van der Waals surface area contributed by atoms with Crippen molar-refractivity contribution in [2.45, 2.75) is 188 Å². The number of hydrogen-bond donors (Lipinski definition) is 0. The topological polar surface area (TPSA) is 0 Å². The van der Waals surface area contributed by atoms with Crippen molar-refractivity contribution >= 4 is 0 Å². The second-order valence-corrected chi connectivity index (χ2v) is 12.7. The van der Waals surface area contributed by atoms with Crippen LogP contribution in [0.1, 0.15) is 188 Å². The van der Waals surface area contributed by atoms with Gasteiger partial charge in [-0.3, -0.25) is 0 Å². The van der Waals surface area contributed by atoms with E-state index in [-0.39, 0.29) is 0 Å². The van der Waals surface area contributed by atoms with Gasteiger partial charge in [0.05, 0.1) is 27.2 Å². The van der Waals surface area contributed by atoms with Crippen LogP contribution in [0.4, 0.5) is 0 Å². The highest BCUT2D eigenvalue weighted by Gasteiger charge is 2.13. The molecule has 0 aromatic carbocycles. The van der Waals surface area contributed by atoms with E-state index in [1.807, 2.05) is 0 Å². The molecule has 1 nitrogen and oxygen atoms in total. The minimum absolute atomic E-state index is 1.00.